The molecular weight excluding hydrogens is 213 g/mol. The Labute approximate surface area is 82.9 Å². The van der Waals surface area contributed by atoms with Crippen LogP contribution in [-0.4, -0.2) is 18.1 Å². The summed E-state index contributed by atoms with van der Waals surface area (Å²) in [4.78, 5) is 13.9. The van der Waals surface area contributed by atoms with Crippen LogP contribution in [0.25, 0.3) is 0 Å². The Balaban J connectivity index is 3.25. The molecule has 0 radical (unpaired) electrons. The van der Waals surface area contributed by atoms with E-state index in [9.17, 15) is 18.0 Å². The molecule has 0 amide bonds. The van der Waals surface area contributed by atoms with Gasteiger partial charge in [-0.3, -0.25) is 0 Å². The molecule has 7 heteroatoms. The van der Waals surface area contributed by atoms with Crippen molar-refractivity contribution >= 4 is 11.7 Å². The first kappa shape index (κ1) is 11.3. The lowest BCUT2D eigenvalue weighted by molar-refractivity contribution is 0.0591. The van der Waals surface area contributed by atoms with Crippen LogP contribution < -0.4 is 5.73 Å². The number of pyridine rings is 1. The molecule has 15 heavy (non-hydrogen) atoms. The molecule has 1 aromatic heterocycles. The number of hydrogen-bond acceptors (Lipinski definition) is 4. The van der Waals surface area contributed by atoms with Crippen molar-refractivity contribution in [3.05, 3.63) is 23.3 Å². The van der Waals surface area contributed by atoms with Crippen molar-refractivity contribution in [2.45, 2.75) is 6.43 Å². The van der Waals surface area contributed by atoms with Crippen molar-refractivity contribution in [3.63, 3.8) is 0 Å². The van der Waals surface area contributed by atoms with Gasteiger partial charge >= 0.3 is 5.97 Å². The highest BCUT2D eigenvalue weighted by Gasteiger charge is 2.21. The van der Waals surface area contributed by atoms with E-state index >= 15 is 0 Å². The molecule has 0 spiro atoms. The van der Waals surface area contributed by atoms with E-state index in [4.69, 9.17) is 5.73 Å². The lowest BCUT2D eigenvalue weighted by Crippen LogP contribution is -2.10. The van der Waals surface area contributed by atoms with Crippen molar-refractivity contribution < 1.29 is 22.7 Å². The lowest BCUT2D eigenvalue weighted by Gasteiger charge is -2.06. The third-order valence-electron chi connectivity index (χ3n) is 1.66. The highest BCUT2D eigenvalue weighted by atomic mass is 19.3. The third-order valence-corrected chi connectivity index (χ3v) is 1.66. The number of carbonyl (C=O) groups is 1. The average molecular weight is 220 g/mol. The van der Waals surface area contributed by atoms with Gasteiger partial charge < -0.3 is 10.5 Å². The predicted molar refractivity (Wildman–Crippen MR) is 44.9 cm³/mol. The minimum atomic E-state index is -3.08. The van der Waals surface area contributed by atoms with Crippen LogP contribution in [0.2, 0.25) is 0 Å². The van der Waals surface area contributed by atoms with Crippen molar-refractivity contribution in [2.75, 3.05) is 12.8 Å². The van der Waals surface area contributed by atoms with Gasteiger partial charge in [0, 0.05) is 5.69 Å². The zero-order valence-corrected chi connectivity index (χ0v) is 7.63. The van der Waals surface area contributed by atoms with E-state index < -0.39 is 35.3 Å². The zero-order chi connectivity index (χ0) is 11.6. The predicted octanol–water partition coefficient (Wildman–Crippen LogP) is 1.53. The molecule has 0 aliphatic carbocycles. The number of hydrogen-bond donors (Lipinski definition) is 1. The van der Waals surface area contributed by atoms with Crippen LogP contribution in [0.15, 0.2) is 6.07 Å². The Hall–Kier alpha value is -1.79. The molecule has 82 valence electrons. The van der Waals surface area contributed by atoms with Gasteiger partial charge in [-0.2, -0.15) is 4.39 Å². The fraction of sp³-hybridized carbons (Fsp3) is 0.250. The SMILES string of the molecule is COC(=O)c1cc(N)c(C(F)F)c(F)n1. The molecule has 0 aliphatic rings. The van der Waals surface area contributed by atoms with Gasteiger partial charge in [0.1, 0.15) is 0 Å². The second-order valence-electron chi connectivity index (χ2n) is 2.59. The standard InChI is InChI=1S/C8H7F3N2O2/c1-15-8(14)4-2-3(12)5(6(9)10)7(11)13-4/h2,6H,1H3,(H2,12,13). The number of carbonyl (C=O) groups excluding carboxylic acids is 1. The summed E-state index contributed by atoms with van der Waals surface area (Å²) in [7, 11) is 1.05. The molecule has 0 fully saturated rings. The van der Waals surface area contributed by atoms with Crippen LogP contribution in [0.3, 0.4) is 0 Å². The van der Waals surface area contributed by atoms with Crippen molar-refractivity contribution in [2.24, 2.45) is 0 Å². The van der Waals surface area contributed by atoms with E-state index in [-0.39, 0.29) is 0 Å². The van der Waals surface area contributed by atoms with E-state index in [0.717, 1.165) is 13.2 Å². The Morgan fingerprint density at radius 3 is 2.60 bits per heavy atom. The maximum Gasteiger partial charge on any atom is 0.356 e. The molecule has 0 atom stereocenters. The summed E-state index contributed by atoms with van der Waals surface area (Å²) in [5.74, 6) is -2.41. The summed E-state index contributed by atoms with van der Waals surface area (Å²) in [6.45, 7) is 0. The van der Waals surface area contributed by atoms with Crippen LogP contribution in [-0.2, 0) is 4.74 Å². The summed E-state index contributed by atoms with van der Waals surface area (Å²) in [5.41, 5.74) is 3.16. The number of esters is 1. The maximum absolute atomic E-state index is 13.0. The molecule has 0 saturated carbocycles. The van der Waals surface area contributed by atoms with Crippen molar-refractivity contribution in [3.8, 4) is 0 Å². The number of nitrogens with two attached hydrogens (primary N) is 1. The molecule has 4 nitrogen and oxygen atoms in total. The topological polar surface area (TPSA) is 65.2 Å². The monoisotopic (exact) mass is 220 g/mol. The van der Waals surface area contributed by atoms with Gasteiger partial charge in [-0.15, -0.1) is 0 Å². The molecule has 0 unspecified atom stereocenters. The van der Waals surface area contributed by atoms with E-state index in [0.29, 0.717) is 0 Å². The summed E-state index contributed by atoms with van der Waals surface area (Å²) in [6, 6.07) is 0.844. The normalized spacial score (nSPS) is 10.5. The number of anilines is 1. The number of rotatable bonds is 2. The van der Waals surface area contributed by atoms with E-state index in [1.807, 2.05) is 0 Å². The van der Waals surface area contributed by atoms with Crippen LogP contribution in [0.1, 0.15) is 22.5 Å². The molecule has 2 N–H and O–H groups in total. The first-order valence-electron chi connectivity index (χ1n) is 3.79. The van der Waals surface area contributed by atoms with Crippen LogP contribution in [0.4, 0.5) is 18.9 Å². The van der Waals surface area contributed by atoms with Crippen LogP contribution in [0, 0.1) is 5.95 Å². The van der Waals surface area contributed by atoms with Crippen molar-refractivity contribution in [1.29, 1.82) is 0 Å². The molecule has 0 saturated heterocycles. The number of methoxy groups -OCH3 is 1. The summed E-state index contributed by atoms with van der Waals surface area (Å²) < 4.78 is 41.7. The molecular formula is C8H7F3N2O2. The third kappa shape index (κ3) is 2.17. The molecule has 1 aromatic rings. The number of alkyl halides is 2. The van der Waals surface area contributed by atoms with E-state index in [1.165, 1.54) is 0 Å². The summed E-state index contributed by atoms with van der Waals surface area (Å²) >= 11 is 0. The number of aromatic nitrogens is 1. The highest BCUT2D eigenvalue weighted by molar-refractivity contribution is 5.88. The Morgan fingerprint density at radius 2 is 2.20 bits per heavy atom. The maximum atomic E-state index is 13.0. The molecule has 0 aliphatic heterocycles. The molecule has 0 aromatic carbocycles. The lowest BCUT2D eigenvalue weighted by atomic mass is 10.2. The second-order valence-corrected chi connectivity index (χ2v) is 2.59. The van der Waals surface area contributed by atoms with Gasteiger partial charge in [-0.25, -0.2) is 18.6 Å². The van der Waals surface area contributed by atoms with Gasteiger partial charge in [0.05, 0.1) is 12.7 Å². The first-order valence-corrected chi connectivity index (χ1v) is 3.79. The van der Waals surface area contributed by atoms with Crippen LogP contribution >= 0.6 is 0 Å². The summed E-state index contributed by atoms with van der Waals surface area (Å²) in [6.07, 6.45) is -3.08. The van der Waals surface area contributed by atoms with Gasteiger partial charge in [0.25, 0.3) is 6.43 Å². The average Bonchev–Trinajstić information content (AvgIpc) is 2.14. The van der Waals surface area contributed by atoms with Gasteiger partial charge in [0.15, 0.2) is 5.69 Å². The molecule has 1 heterocycles. The molecule has 1 rings (SSSR count). The number of halogens is 3. The second kappa shape index (κ2) is 4.16. The van der Waals surface area contributed by atoms with E-state index in [1.54, 1.807) is 0 Å². The Morgan fingerprint density at radius 1 is 1.60 bits per heavy atom. The first-order chi connectivity index (χ1) is 6.97. The minimum absolute atomic E-state index is 0.447. The Bertz CT molecular complexity index is 372. The highest BCUT2D eigenvalue weighted by Crippen LogP contribution is 2.27. The molecule has 0 bridgehead atoms. The van der Waals surface area contributed by atoms with Gasteiger partial charge in [-0.1, -0.05) is 0 Å². The minimum Gasteiger partial charge on any atom is -0.464 e. The fourth-order valence-corrected chi connectivity index (χ4v) is 0.968. The fourth-order valence-electron chi connectivity index (χ4n) is 0.968. The van der Waals surface area contributed by atoms with Gasteiger partial charge in [0.2, 0.25) is 5.95 Å². The zero-order valence-electron chi connectivity index (χ0n) is 7.63. The Kier molecular flexibility index (Phi) is 3.13. The number of nitrogen functional groups attached to an aromatic ring is 1. The van der Waals surface area contributed by atoms with Gasteiger partial charge in [-0.05, 0) is 6.07 Å². The van der Waals surface area contributed by atoms with E-state index in [2.05, 4.69) is 9.72 Å². The smallest absolute Gasteiger partial charge is 0.356 e. The number of nitrogens with zero attached hydrogens (tertiary/aromatic N) is 1. The quantitative estimate of drug-likeness (QED) is 0.606. The summed E-state index contributed by atoms with van der Waals surface area (Å²) in [5, 5.41) is 0. The number of ether oxygens (including phenoxy) is 1. The van der Waals surface area contributed by atoms with Crippen molar-refractivity contribution in [1.82, 2.24) is 4.98 Å². The largest absolute Gasteiger partial charge is 0.464 e. The van der Waals surface area contributed by atoms with Crippen LogP contribution in [0.5, 0.6) is 0 Å².